The molecule has 0 saturated heterocycles. The number of non-ortho nitro benzene ring substituents is 1. The van der Waals surface area contributed by atoms with Crippen LogP contribution in [0.15, 0.2) is 41.8 Å². The molecule has 118 valence electrons. The zero-order valence-electron chi connectivity index (χ0n) is 12.2. The van der Waals surface area contributed by atoms with Crippen molar-refractivity contribution in [1.82, 2.24) is 19.7 Å². The molecule has 0 aliphatic heterocycles. The van der Waals surface area contributed by atoms with Gasteiger partial charge in [-0.3, -0.25) is 14.8 Å². The molecule has 9 heteroatoms. The summed E-state index contributed by atoms with van der Waals surface area (Å²) >= 11 is 1.53. The average molecular weight is 331 g/mol. The Morgan fingerprint density at radius 3 is 3.09 bits per heavy atom. The van der Waals surface area contributed by atoms with Crippen molar-refractivity contribution in [3.05, 3.63) is 46.9 Å². The van der Waals surface area contributed by atoms with E-state index in [0.717, 1.165) is 16.1 Å². The lowest BCUT2D eigenvalue weighted by atomic mass is 10.3. The third-order valence-electron chi connectivity index (χ3n) is 3.11. The highest BCUT2D eigenvalue weighted by molar-refractivity contribution is 7.99. The van der Waals surface area contributed by atoms with Crippen LogP contribution in [0.25, 0.3) is 11.0 Å². The largest absolute Gasteiger partial charge is 0.492 e. The summed E-state index contributed by atoms with van der Waals surface area (Å²) < 4.78 is 7.24. The molecule has 0 bridgehead atoms. The van der Waals surface area contributed by atoms with Crippen molar-refractivity contribution in [2.24, 2.45) is 7.05 Å². The van der Waals surface area contributed by atoms with Gasteiger partial charge in [-0.2, -0.15) is 5.10 Å². The molecule has 3 aromatic rings. The van der Waals surface area contributed by atoms with Crippen molar-refractivity contribution in [1.29, 1.82) is 0 Å². The van der Waals surface area contributed by atoms with Crippen LogP contribution < -0.4 is 4.74 Å². The third-order valence-corrected chi connectivity index (χ3v) is 4.08. The summed E-state index contributed by atoms with van der Waals surface area (Å²) in [4.78, 5) is 18.7. The van der Waals surface area contributed by atoms with Gasteiger partial charge in [-0.1, -0.05) is 6.07 Å². The lowest BCUT2D eigenvalue weighted by Crippen LogP contribution is -2.01. The smallest absolute Gasteiger partial charge is 0.273 e. The van der Waals surface area contributed by atoms with Gasteiger partial charge >= 0.3 is 0 Å². The number of hydrogen-bond acceptors (Lipinski definition) is 7. The van der Waals surface area contributed by atoms with Gasteiger partial charge in [-0.15, -0.1) is 11.8 Å². The normalized spacial score (nSPS) is 10.8. The molecule has 0 radical (unpaired) electrons. The van der Waals surface area contributed by atoms with Gasteiger partial charge in [0.05, 0.1) is 29.2 Å². The molecule has 23 heavy (non-hydrogen) atoms. The van der Waals surface area contributed by atoms with E-state index in [-0.39, 0.29) is 5.69 Å². The van der Waals surface area contributed by atoms with Crippen LogP contribution >= 0.6 is 11.8 Å². The Hall–Kier alpha value is -2.68. The fourth-order valence-corrected chi connectivity index (χ4v) is 2.82. The third kappa shape index (κ3) is 3.39. The number of thioether (sulfide) groups is 1. The number of aromatic nitrogens is 4. The summed E-state index contributed by atoms with van der Waals surface area (Å²) in [6.07, 6.45) is 3.24. The van der Waals surface area contributed by atoms with Crippen molar-refractivity contribution >= 4 is 28.5 Å². The van der Waals surface area contributed by atoms with Crippen LogP contribution in [0.1, 0.15) is 0 Å². The molecule has 2 heterocycles. The van der Waals surface area contributed by atoms with Crippen LogP contribution in [0.4, 0.5) is 5.69 Å². The number of nitro groups is 1. The highest BCUT2D eigenvalue weighted by Crippen LogP contribution is 2.24. The second-order valence-electron chi connectivity index (χ2n) is 4.64. The number of fused-ring (bicyclic) bond motifs is 1. The highest BCUT2D eigenvalue weighted by atomic mass is 32.2. The minimum atomic E-state index is -0.443. The van der Waals surface area contributed by atoms with Gasteiger partial charge in [0.2, 0.25) is 0 Å². The van der Waals surface area contributed by atoms with Crippen molar-refractivity contribution < 1.29 is 9.66 Å². The SMILES string of the molecule is Cn1ncc2c(SCCOc3cccc([N+](=O)[O-])c3)ncnc21. The predicted molar refractivity (Wildman–Crippen MR) is 85.6 cm³/mol. The average Bonchev–Trinajstić information content (AvgIpc) is 2.94. The Kier molecular flexibility index (Phi) is 4.38. The maximum Gasteiger partial charge on any atom is 0.273 e. The van der Waals surface area contributed by atoms with Crippen molar-refractivity contribution in [3.63, 3.8) is 0 Å². The standard InChI is InChI=1S/C14H13N5O3S/c1-18-13-12(8-17-18)14(16-9-15-13)23-6-5-22-11-4-2-3-10(7-11)19(20)21/h2-4,7-9H,5-6H2,1H3. The molecule has 0 N–H and O–H groups in total. The Labute approximate surface area is 135 Å². The summed E-state index contributed by atoms with van der Waals surface area (Å²) in [5.74, 6) is 1.14. The molecule has 0 spiro atoms. The summed E-state index contributed by atoms with van der Waals surface area (Å²) in [7, 11) is 1.83. The molecule has 0 atom stereocenters. The van der Waals surface area contributed by atoms with Crippen LogP contribution in [0.2, 0.25) is 0 Å². The lowest BCUT2D eigenvalue weighted by molar-refractivity contribution is -0.384. The van der Waals surface area contributed by atoms with E-state index in [2.05, 4.69) is 15.1 Å². The number of nitro benzene ring substituents is 1. The number of aryl methyl sites for hydroxylation is 1. The molecule has 1 aromatic carbocycles. The number of hydrogen-bond donors (Lipinski definition) is 0. The Balaban J connectivity index is 1.59. The lowest BCUT2D eigenvalue weighted by Gasteiger charge is -2.06. The molecule has 0 amide bonds. The number of rotatable bonds is 6. The van der Waals surface area contributed by atoms with E-state index in [1.165, 1.54) is 30.2 Å². The number of benzene rings is 1. The highest BCUT2D eigenvalue weighted by Gasteiger charge is 2.09. The first-order chi connectivity index (χ1) is 11.1. The summed E-state index contributed by atoms with van der Waals surface area (Å²) in [6.45, 7) is 0.414. The van der Waals surface area contributed by atoms with Crippen molar-refractivity contribution in [2.75, 3.05) is 12.4 Å². The van der Waals surface area contributed by atoms with E-state index < -0.39 is 4.92 Å². The van der Waals surface area contributed by atoms with Gasteiger partial charge in [0, 0.05) is 18.9 Å². The molecule has 0 aliphatic rings. The Morgan fingerprint density at radius 1 is 1.39 bits per heavy atom. The fraction of sp³-hybridized carbons (Fsp3) is 0.214. The van der Waals surface area contributed by atoms with E-state index in [9.17, 15) is 10.1 Å². The van der Waals surface area contributed by atoms with Gasteiger partial charge in [0.15, 0.2) is 5.65 Å². The van der Waals surface area contributed by atoms with Crippen molar-refractivity contribution in [3.8, 4) is 5.75 Å². The van der Waals surface area contributed by atoms with Crippen molar-refractivity contribution in [2.45, 2.75) is 5.03 Å². The van der Waals surface area contributed by atoms with Gasteiger partial charge in [0.25, 0.3) is 5.69 Å². The fourth-order valence-electron chi connectivity index (χ4n) is 2.04. The molecule has 2 aromatic heterocycles. The second kappa shape index (κ2) is 6.61. The molecular formula is C14H13N5O3S. The molecule has 3 rings (SSSR count). The maximum atomic E-state index is 10.7. The first-order valence-corrected chi connectivity index (χ1v) is 7.76. The van der Waals surface area contributed by atoms with E-state index in [1.54, 1.807) is 23.0 Å². The van der Waals surface area contributed by atoms with E-state index >= 15 is 0 Å². The molecule has 0 unspecified atom stereocenters. The monoisotopic (exact) mass is 331 g/mol. The summed E-state index contributed by atoms with van der Waals surface area (Å²) in [5.41, 5.74) is 0.796. The van der Waals surface area contributed by atoms with E-state index in [4.69, 9.17) is 4.74 Å². The Morgan fingerprint density at radius 2 is 2.26 bits per heavy atom. The quantitative estimate of drug-likeness (QED) is 0.225. The predicted octanol–water partition coefficient (Wildman–Crippen LogP) is 2.44. The van der Waals surface area contributed by atoms with Gasteiger partial charge < -0.3 is 4.74 Å². The minimum Gasteiger partial charge on any atom is -0.492 e. The second-order valence-corrected chi connectivity index (χ2v) is 5.72. The maximum absolute atomic E-state index is 10.7. The molecule has 0 fully saturated rings. The summed E-state index contributed by atoms with van der Waals surface area (Å²) in [5, 5.41) is 16.6. The van der Waals surface area contributed by atoms with Gasteiger partial charge in [-0.05, 0) is 6.07 Å². The zero-order valence-corrected chi connectivity index (χ0v) is 13.1. The van der Waals surface area contributed by atoms with Gasteiger partial charge in [-0.25, -0.2) is 9.97 Å². The molecule has 0 aliphatic carbocycles. The van der Waals surface area contributed by atoms with E-state index in [1.807, 2.05) is 7.05 Å². The minimum absolute atomic E-state index is 0.0167. The zero-order chi connectivity index (χ0) is 16.2. The van der Waals surface area contributed by atoms with Crippen LogP contribution in [-0.4, -0.2) is 37.0 Å². The summed E-state index contributed by atoms with van der Waals surface area (Å²) in [6, 6.07) is 6.14. The topological polar surface area (TPSA) is 96.0 Å². The van der Waals surface area contributed by atoms with Crippen LogP contribution in [0, 0.1) is 10.1 Å². The van der Waals surface area contributed by atoms with E-state index in [0.29, 0.717) is 18.1 Å². The van der Waals surface area contributed by atoms with Gasteiger partial charge in [0.1, 0.15) is 17.1 Å². The molecule has 8 nitrogen and oxygen atoms in total. The van der Waals surface area contributed by atoms with Crippen LogP contribution in [0.5, 0.6) is 5.75 Å². The van der Waals surface area contributed by atoms with Crippen LogP contribution in [-0.2, 0) is 7.05 Å². The first kappa shape index (κ1) is 15.2. The number of ether oxygens (including phenoxy) is 1. The Bertz CT molecular complexity index is 851. The number of nitrogens with zero attached hydrogens (tertiary/aromatic N) is 5. The molecule has 0 saturated carbocycles. The van der Waals surface area contributed by atoms with Crippen LogP contribution in [0.3, 0.4) is 0 Å². The first-order valence-electron chi connectivity index (χ1n) is 6.78. The molecular weight excluding hydrogens is 318 g/mol.